The molecule has 2 N–H and O–H groups in total. The average molecular weight is 284 g/mol. The van der Waals surface area contributed by atoms with Crippen LogP contribution in [0.1, 0.15) is 44.6 Å². The van der Waals surface area contributed by atoms with Crippen molar-refractivity contribution in [2.45, 2.75) is 50.6 Å². The minimum absolute atomic E-state index is 0.530. The van der Waals surface area contributed by atoms with Gasteiger partial charge in [0.05, 0.1) is 17.8 Å². The Morgan fingerprint density at radius 1 is 1.00 bits per heavy atom. The molecule has 0 amide bonds. The molecule has 4 nitrogen and oxygen atoms in total. The second-order valence-electron chi connectivity index (χ2n) is 6.61. The van der Waals surface area contributed by atoms with Crippen LogP contribution in [0.5, 0.6) is 0 Å². The summed E-state index contributed by atoms with van der Waals surface area (Å²) in [7, 11) is 0. The Kier molecular flexibility index (Phi) is 3.34. The molecule has 0 atom stereocenters. The van der Waals surface area contributed by atoms with Gasteiger partial charge in [-0.3, -0.25) is 4.68 Å². The van der Waals surface area contributed by atoms with Crippen molar-refractivity contribution in [3.05, 3.63) is 24.4 Å². The molecule has 0 radical (unpaired) electrons. The number of fused-ring (bicyclic) bond motifs is 1. The quantitative estimate of drug-likeness (QED) is 0.861. The molecule has 1 saturated heterocycles. The number of aromatic nitrogens is 2. The number of hydrogen-bond acceptors (Lipinski definition) is 3. The highest BCUT2D eigenvalue weighted by molar-refractivity contribution is 5.81. The Morgan fingerprint density at radius 3 is 2.52 bits per heavy atom. The maximum Gasteiger partial charge on any atom is 0.0706 e. The first-order valence-corrected chi connectivity index (χ1v) is 8.28. The van der Waals surface area contributed by atoms with Gasteiger partial charge in [-0.2, -0.15) is 5.10 Å². The topological polar surface area (TPSA) is 47.1 Å². The highest BCUT2D eigenvalue weighted by atomic mass is 15.3. The third-order valence-electron chi connectivity index (χ3n) is 5.31. The van der Waals surface area contributed by atoms with Crippen molar-refractivity contribution in [3.63, 3.8) is 0 Å². The molecule has 2 heterocycles. The van der Waals surface area contributed by atoms with Crippen molar-refractivity contribution in [1.29, 1.82) is 0 Å². The number of rotatable bonds is 2. The zero-order valence-electron chi connectivity index (χ0n) is 12.5. The summed E-state index contributed by atoms with van der Waals surface area (Å²) in [4.78, 5) is 2.71. The van der Waals surface area contributed by atoms with E-state index in [9.17, 15) is 0 Å². The number of benzene rings is 1. The molecule has 1 aromatic carbocycles. The first-order valence-electron chi connectivity index (χ1n) is 8.28. The fourth-order valence-electron chi connectivity index (χ4n) is 4.11. The molecule has 0 bridgehead atoms. The largest absolute Gasteiger partial charge is 0.399 e. The van der Waals surface area contributed by atoms with Crippen molar-refractivity contribution in [1.82, 2.24) is 14.7 Å². The van der Waals surface area contributed by atoms with E-state index < -0.39 is 0 Å². The van der Waals surface area contributed by atoms with Gasteiger partial charge >= 0.3 is 0 Å². The molecule has 0 spiro atoms. The van der Waals surface area contributed by atoms with E-state index in [1.807, 2.05) is 12.3 Å². The summed E-state index contributed by atoms with van der Waals surface area (Å²) in [6.45, 7) is 2.44. The van der Waals surface area contributed by atoms with Crippen molar-refractivity contribution in [2.24, 2.45) is 0 Å². The molecule has 1 aliphatic carbocycles. The molecular formula is C17H24N4. The summed E-state index contributed by atoms with van der Waals surface area (Å²) >= 11 is 0. The number of hydrogen-bond donors (Lipinski definition) is 1. The highest BCUT2D eigenvalue weighted by Crippen LogP contribution is 2.31. The molecule has 1 aromatic heterocycles. The fraction of sp³-hybridized carbons (Fsp3) is 0.588. The normalized spacial score (nSPS) is 22.3. The van der Waals surface area contributed by atoms with Crippen molar-refractivity contribution < 1.29 is 0 Å². The summed E-state index contributed by atoms with van der Waals surface area (Å²) in [6, 6.07) is 7.47. The van der Waals surface area contributed by atoms with Crippen molar-refractivity contribution in [2.75, 3.05) is 18.8 Å². The van der Waals surface area contributed by atoms with Crippen molar-refractivity contribution >= 4 is 16.6 Å². The van der Waals surface area contributed by atoms with E-state index in [1.54, 1.807) is 0 Å². The lowest BCUT2D eigenvalue weighted by Crippen LogP contribution is -2.40. The standard InChI is InChI=1S/C17H24N4/c18-14-6-5-13-12-19-21(17(13)11-14)16-7-9-20(10-8-16)15-3-1-2-4-15/h5-6,11-12,15-16H,1-4,7-10,18H2. The number of anilines is 1. The van der Waals surface area contributed by atoms with Gasteiger partial charge in [-0.25, -0.2) is 0 Å². The van der Waals surface area contributed by atoms with Crippen LogP contribution in [0, 0.1) is 0 Å². The summed E-state index contributed by atoms with van der Waals surface area (Å²) in [5.41, 5.74) is 7.95. The van der Waals surface area contributed by atoms with Gasteiger partial charge in [0, 0.05) is 30.2 Å². The number of nitrogens with zero attached hydrogens (tertiary/aromatic N) is 3. The van der Waals surface area contributed by atoms with Crippen LogP contribution in [-0.2, 0) is 0 Å². The zero-order valence-corrected chi connectivity index (χ0v) is 12.5. The molecule has 112 valence electrons. The van der Waals surface area contributed by atoms with Crippen LogP contribution in [0.25, 0.3) is 10.9 Å². The second-order valence-corrected chi connectivity index (χ2v) is 6.61. The lowest BCUT2D eigenvalue weighted by atomic mass is 10.0. The molecular weight excluding hydrogens is 260 g/mol. The van der Waals surface area contributed by atoms with Gasteiger partial charge in [0.25, 0.3) is 0 Å². The Morgan fingerprint density at radius 2 is 1.76 bits per heavy atom. The molecule has 21 heavy (non-hydrogen) atoms. The molecule has 4 rings (SSSR count). The van der Waals surface area contributed by atoms with Crippen LogP contribution in [0.2, 0.25) is 0 Å². The molecule has 1 saturated carbocycles. The molecule has 4 heteroatoms. The smallest absolute Gasteiger partial charge is 0.0706 e. The van der Waals surface area contributed by atoms with Gasteiger partial charge < -0.3 is 10.6 Å². The van der Waals surface area contributed by atoms with E-state index in [2.05, 4.69) is 26.8 Å². The van der Waals surface area contributed by atoms with Crippen LogP contribution in [-0.4, -0.2) is 33.8 Å². The van der Waals surface area contributed by atoms with E-state index in [4.69, 9.17) is 5.73 Å². The Balaban J connectivity index is 1.50. The number of piperidine rings is 1. The molecule has 2 aromatic rings. The average Bonchev–Trinajstić information content (AvgIpc) is 3.16. The number of nitrogens with two attached hydrogens (primary N) is 1. The van der Waals surface area contributed by atoms with E-state index in [0.717, 1.165) is 11.7 Å². The second kappa shape index (κ2) is 5.34. The number of nitrogen functional groups attached to an aromatic ring is 1. The lowest BCUT2D eigenvalue weighted by molar-refractivity contribution is 0.134. The minimum Gasteiger partial charge on any atom is -0.399 e. The van der Waals surface area contributed by atoms with Gasteiger partial charge in [-0.05, 0) is 43.9 Å². The predicted molar refractivity (Wildman–Crippen MR) is 86.2 cm³/mol. The SMILES string of the molecule is Nc1ccc2cnn(C3CCN(C4CCCC4)CC3)c2c1. The first-order chi connectivity index (χ1) is 10.3. The van der Waals surface area contributed by atoms with Gasteiger partial charge in [0.15, 0.2) is 0 Å². The summed E-state index contributed by atoms with van der Waals surface area (Å²) < 4.78 is 2.21. The van der Waals surface area contributed by atoms with E-state index in [-0.39, 0.29) is 0 Å². The van der Waals surface area contributed by atoms with E-state index >= 15 is 0 Å². The van der Waals surface area contributed by atoms with Gasteiger partial charge in [-0.1, -0.05) is 12.8 Å². The fourth-order valence-corrected chi connectivity index (χ4v) is 4.11. The maximum absolute atomic E-state index is 5.94. The third kappa shape index (κ3) is 2.42. The Hall–Kier alpha value is -1.55. The predicted octanol–water partition coefficient (Wildman–Crippen LogP) is 3.20. The highest BCUT2D eigenvalue weighted by Gasteiger charge is 2.28. The Bertz CT molecular complexity index is 619. The Labute approximate surface area is 125 Å². The molecule has 1 aliphatic heterocycles. The lowest BCUT2D eigenvalue weighted by Gasteiger charge is -2.36. The summed E-state index contributed by atoms with van der Waals surface area (Å²) in [5, 5.41) is 5.82. The summed E-state index contributed by atoms with van der Waals surface area (Å²) in [6.07, 6.45) is 10.1. The van der Waals surface area contributed by atoms with E-state index in [1.165, 1.54) is 62.5 Å². The third-order valence-corrected chi connectivity index (χ3v) is 5.31. The van der Waals surface area contributed by atoms with E-state index in [0.29, 0.717) is 6.04 Å². The van der Waals surface area contributed by atoms with Crippen LogP contribution in [0.15, 0.2) is 24.4 Å². The van der Waals surface area contributed by atoms with Crippen LogP contribution >= 0.6 is 0 Å². The summed E-state index contributed by atoms with van der Waals surface area (Å²) in [5.74, 6) is 0. The molecule has 2 fully saturated rings. The van der Waals surface area contributed by atoms with Crippen LogP contribution in [0.4, 0.5) is 5.69 Å². The van der Waals surface area contributed by atoms with Gasteiger partial charge in [0.2, 0.25) is 0 Å². The molecule has 2 aliphatic rings. The van der Waals surface area contributed by atoms with Crippen molar-refractivity contribution in [3.8, 4) is 0 Å². The molecule has 0 unspecified atom stereocenters. The maximum atomic E-state index is 5.94. The van der Waals surface area contributed by atoms with Gasteiger partial charge in [0.1, 0.15) is 0 Å². The first kappa shape index (κ1) is 13.1. The van der Waals surface area contributed by atoms with Crippen LogP contribution in [0.3, 0.4) is 0 Å². The van der Waals surface area contributed by atoms with Crippen LogP contribution < -0.4 is 5.73 Å². The zero-order chi connectivity index (χ0) is 14.2. The minimum atomic E-state index is 0.530. The monoisotopic (exact) mass is 284 g/mol. The number of likely N-dealkylation sites (tertiary alicyclic amines) is 1. The van der Waals surface area contributed by atoms with Gasteiger partial charge in [-0.15, -0.1) is 0 Å².